The lowest BCUT2D eigenvalue weighted by molar-refractivity contribution is -0.193. The highest BCUT2D eigenvalue weighted by Crippen LogP contribution is 2.44. The topological polar surface area (TPSA) is 88.9 Å². The maximum absolute atomic E-state index is 13.5. The maximum Gasteiger partial charge on any atom is 0.335 e. The van der Waals surface area contributed by atoms with E-state index in [1.54, 1.807) is 30.3 Å². The molecule has 0 radical (unpaired) electrons. The first kappa shape index (κ1) is 21.5. The van der Waals surface area contributed by atoms with Crippen LogP contribution in [0.1, 0.15) is 34.0 Å². The van der Waals surface area contributed by atoms with Crippen LogP contribution in [0.4, 0.5) is 4.39 Å². The Morgan fingerprint density at radius 1 is 1.24 bits per heavy atom. The molecule has 33 heavy (non-hydrogen) atoms. The molecule has 0 fully saturated rings. The van der Waals surface area contributed by atoms with Gasteiger partial charge in [-0.1, -0.05) is 12.1 Å². The highest BCUT2D eigenvalue weighted by Gasteiger charge is 2.41. The van der Waals surface area contributed by atoms with Gasteiger partial charge in [0.2, 0.25) is 5.79 Å². The standard InChI is InChI=1S/C25H20FNO5S/c1-31-25(12-14-3-2-4-16(9-14)24(29)30)13-20(28)18-10-15(5-7-21(18)32-25)23-27-19-11-17(26)6-8-22(19)33-23/h2-11,20,28H,12-13H2,1H3,(H,29,30)/t20-,25-/m1/s1. The Balaban J connectivity index is 1.46. The molecule has 0 unspecified atom stereocenters. The van der Waals surface area contributed by atoms with Gasteiger partial charge in [0.1, 0.15) is 16.6 Å². The molecule has 0 amide bonds. The molecule has 1 aliphatic heterocycles. The minimum atomic E-state index is -1.14. The third-order valence-corrected chi connectivity index (χ3v) is 6.87. The van der Waals surface area contributed by atoms with E-state index in [2.05, 4.69) is 4.98 Å². The number of nitrogens with zero attached hydrogens (tertiary/aromatic N) is 1. The van der Waals surface area contributed by atoms with Crippen molar-refractivity contribution in [3.05, 3.63) is 83.2 Å². The van der Waals surface area contributed by atoms with E-state index < -0.39 is 17.9 Å². The number of aliphatic hydroxyl groups is 1. The molecule has 0 spiro atoms. The van der Waals surface area contributed by atoms with Gasteiger partial charge >= 0.3 is 5.97 Å². The largest absolute Gasteiger partial charge is 0.478 e. The van der Waals surface area contributed by atoms with Crippen LogP contribution in [0.15, 0.2) is 60.7 Å². The van der Waals surface area contributed by atoms with E-state index in [0.29, 0.717) is 16.8 Å². The summed E-state index contributed by atoms with van der Waals surface area (Å²) in [5, 5.41) is 21.0. The molecule has 1 aromatic heterocycles. The SMILES string of the molecule is CO[C@@]1(Cc2cccc(C(=O)O)c2)C[C@@H](O)c2cc(-c3nc4cc(F)ccc4s3)ccc2O1. The summed E-state index contributed by atoms with van der Waals surface area (Å²) >= 11 is 1.45. The lowest BCUT2D eigenvalue weighted by Crippen LogP contribution is -2.45. The number of carboxylic acid groups (broad SMARTS) is 1. The van der Waals surface area contributed by atoms with Gasteiger partial charge in [-0.05, 0) is 48.0 Å². The summed E-state index contributed by atoms with van der Waals surface area (Å²) in [7, 11) is 1.51. The van der Waals surface area contributed by atoms with Crippen LogP contribution in [0.5, 0.6) is 5.75 Å². The first-order valence-corrected chi connectivity index (χ1v) is 11.1. The van der Waals surface area contributed by atoms with Gasteiger partial charge in [-0.3, -0.25) is 0 Å². The molecule has 4 aromatic rings. The third-order valence-electron chi connectivity index (χ3n) is 5.79. The monoisotopic (exact) mass is 465 g/mol. The Hall–Kier alpha value is -3.33. The van der Waals surface area contributed by atoms with E-state index in [1.807, 2.05) is 12.1 Å². The molecule has 0 saturated heterocycles. The summed E-state index contributed by atoms with van der Waals surface area (Å²) in [6, 6.07) is 16.5. The first-order valence-electron chi connectivity index (χ1n) is 10.3. The fourth-order valence-corrected chi connectivity index (χ4v) is 5.08. The zero-order chi connectivity index (χ0) is 23.2. The molecule has 0 saturated carbocycles. The number of hydrogen-bond acceptors (Lipinski definition) is 6. The molecule has 5 rings (SSSR count). The zero-order valence-corrected chi connectivity index (χ0v) is 18.4. The number of hydrogen-bond donors (Lipinski definition) is 2. The lowest BCUT2D eigenvalue weighted by Gasteiger charge is -2.39. The fourth-order valence-electron chi connectivity index (χ4n) is 4.14. The minimum absolute atomic E-state index is 0.169. The lowest BCUT2D eigenvalue weighted by atomic mass is 9.91. The van der Waals surface area contributed by atoms with Crippen molar-refractivity contribution in [2.24, 2.45) is 0 Å². The second-order valence-electron chi connectivity index (χ2n) is 8.00. The molecule has 0 bridgehead atoms. The maximum atomic E-state index is 13.5. The van der Waals surface area contributed by atoms with E-state index in [9.17, 15) is 19.4 Å². The normalized spacial score (nSPS) is 19.8. The fraction of sp³-hybridized carbons (Fsp3) is 0.200. The summed E-state index contributed by atoms with van der Waals surface area (Å²) in [6.07, 6.45) is -0.419. The second kappa shape index (κ2) is 8.22. The highest BCUT2D eigenvalue weighted by atomic mass is 32.1. The second-order valence-corrected chi connectivity index (χ2v) is 9.03. The van der Waals surface area contributed by atoms with E-state index in [4.69, 9.17) is 9.47 Å². The van der Waals surface area contributed by atoms with Crippen LogP contribution >= 0.6 is 11.3 Å². The number of aromatic nitrogens is 1. The number of methoxy groups -OCH3 is 1. The molecule has 3 aromatic carbocycles. The summed E-state index contributed by atoms with van der Waals surface area (Å²) in [4.78, 5) is 15.8. The Kier molecular flexibility index (Phi) is 5.36. The van der Waals surface area contributed by atoms with Gasteiger partial charge in [0.15, 0.2) is 0 Å². The molecule has 2 heterocycles. The summed E-state index contributed by atoms with van der Waals surface area (Å²) in [5.41, 5.74) is 2.91. The predicted molar refractivity (Wildman–Crippen MR) is 122 cm³/mol. The molecule has 2 atom stereocenters. The first-order chi connectivity index (χ1) is 15.9. The number of aromatic carboxylic acids is 1. The van der Waals surface area contributed by atoms with Crippen LogP contribution in [0.2, 0.25) is 0 Å². The Labute approximate surface area is 192 Å². The smallest absolute Gasteiger partial charge is 0.335 e. The van der Waals surface area contributed by atoms with Gasteiger partial charge in [-0.25, -0.2) is 14.2 Å². The van der Waals surface area contributed by atoms with E-state index in [0.717, 1.165) is 20.8 Å². The van der Waals surface area contributed by atoms with Crippen molar-refractivity contribution in [2.75, 3.05) is 7.11 Å². The average Bonchev–Trinajstić information content (AvgIpc) is 3.22. The number of thiazole rings is 1. The highest BCUT2D eigenvalue weighted by molar-refractivity contribution is 7.21. The molecule has 2 N–H and O–H groups in total. The third kappa shape index (κ3) is 4.08. The molecule has 168 valence electrons. The zero-order valence-electron chi connectivity index (χ0n) is 17.6. The average molecular weight is 466 g/mol. The van der Waals surface area contributed by atoms with Gasteiger partial charge in [-0.15, -0.1) is 11.3 Å². The quantitative estimate of drug-likeness (QED) is 0.421. The number of rotatable bonds is 5. The van der Waals surface area contributed by atoms with Crippen molar-refractivity contribution in [2.45, 2.75) is 24.7 Å². The van der Waals surface area contributed by atoms with Gasteiger partial charge in [0.05, 0.1) is 21.9 Å². The number of aliphatic hydroxyl groups excluding tert-OH is 1. The predicted octanol–water partition coefficient (Wildman–Crippen LogP) is 5.20. The number of carboxylic acids is 1. The van der Waals surface area contributed by atoms with Crippen LogP contribution in [0.25, 0.3) is 20.8 Å². The van der Waals surface area contributed by atoms with Crippen LogP contribution in [-0.4, -0.2) is 34.1 Å². The number of carbonyl (C=O) groups is 1. The Bertz CT molecular complexity index is 1370. The molecule has 1 aliphatic rings. The van der Waals surface area contributed by atoms with Crippen LogP contribution < -0.4 is 4.74 Å². The van der Waals surface area contributed by atoms with Crippen LogP contribution in [-0.2, 0) is 11.2 Å². The molecular formula is C25H20FNO5S. The van der Waals surface area contributed by atoms with E-state index in [1.165, 1.54) is 36.6 Å². The summed E-state index contributed by atoms with van der Waals surface area (Å²) in [5.74, 6) is -2.00. The number of halogens is 1. The van der Waals surface area contributed by atoms with Gasteiger partial charge in [0, 0.05) is 37.1 Å². The molecule has 6 nitrogen and oxygen atoms in total. The van der Waals surface area contributed by atoms with Crippen molar-refractivity contribution in [3.63, 3.8) is 0 Å². The van der Waals surface area contributed by atoms with Crippen LogP contribution in [0, 0.1) is 5.82 Å². The number of fused-ring (bicyclic) bond motifs is 2. The van der Waals surface area contributed by atoms with Gasteiger partial charge in [-0.2, -0.15) is 0 Å². The molecule has 0 aliphatic carbocycles. The van der Waals surface area contributed by atoms with Crippen LogP contribution in [0.3, 0.4) is 0 Å². The summed E-state index contributed by atoms with van der Waals surface area (Å²) in [6.45, 7) is 0. The summed E-state index contributed by atoms with van der Waals surface area (Å²) < 4.78 is 26.3. The van der Waals surface area contributed by atoms with Crippen molar-refractivity contribution in [3.8, 4) is 16.3 Å². The van der Waals surface area contributed by atoms with E-state index in [-0.39, 0.29) is 24.2 Å². The number of benzene rings is 3. The van der Waals surface area contributed by atoms with Gasteiger partial charge in [0.25, 0.3) is 0 Å². The molecular weight excluding hydrogens is 445 g/mol. The van der Waals surface area contributed by atoms with Gasteiger partial charge < -0.3 is 19.7 Å². The van der Waals surface area contributed by atoms with Crippen molar-refractivity contribution >= 4 is 27.5 Å². The Morgan fingerprint density at radius 3 is 2.88 bits per heavy atom. The minimum Gasteiger partial charge on any atom is -0.478 e. The van der Waals surface area contributed by atoms with Crippen molar-refractivity contribution in [1.82, 2.24) is 4.98 Å². The van der Waals surface area contributed by atoms with Crippen molar-refractivity contribution < 1.29 is 28.9 Å². The van der Waals surface area contributed by atoms with Crippen molar-refractivity contribution in [1.29, 1.82) is 0 Å². The Morgan fingerprint density at radius 2 is 2.09 bits per heavy atom. The molecule has 8 heteroatoms. The van der Waals surface area contributed by atoms with E-state index >= 15 is 0 Å². The number of ether oxygens (including phenoxy) is 2.